The first-order valence-corrected chi connectivity index (χ1v) is 10.3. The summed E-state index contributed by atoms with van der Waals surface area (Å²) in [6.07, 6.45) is 1.52. The van der Waals surface area contributed by atoms with E-state index < -0.39 is 10.0 Å². The van der Waals surface area contributed by atoms with E-state index in [1.807, 2.05) is 26.0 Å². The molecule has 26 heavy (non-hydrogen) atoms. The van der Waals surface area contributed by atoms with E-state index in [0.29, 0.717) is 5.56 Å². The molecule has 134 valence electrons. The molecule has 0 aliphatic heterocycles. The van der Waals surface area contributed by atoms with Crippen molar-refractivity contribution < 1.29 is 13.2 Å². The molecule has 0 amide bonds. The van der Waals surface area contributed by atoms with Gasteiger partial charge in [0.05, 0.1) is 4.90 Å². The van der Waals surface area contributed by atoms with E-state index in [-0.39, 0.29) is 22.4 Å². The predicted octanol–water partition coefficient (Wildman–Crippen LogP) is 3.84. The summed E-state index contributed by atoms with van der Waals surface area (Å²) in [6.45, 7) is 3.44. The number of Topliss-reactive ketones (excluding diaryl/α,β-unsaturated/α-hetero) is 1. The van der Waals surface area contributed by atoms with Crippen LogP contribution in [0, 0.1) is 13.8 Å². The lowest BCUT2D eigenvalue weighted by molar-refractivity contribution is 0.100. The van der Waals surface area contributed by atoms with Gasteiger partial charge in [0.1, 0.15) is 6.54 Å². The number of carbonyl (C=O) groups is 1. The Hall–Kier alpha value is -2.51. The zero-order chi connectivity index (χ0) is 18.7. The van der Waals surface area contributed by atoms with Crippen molar-refractivity contribution in [3.8, 4) is 0 Å². The molecule has 0 radical (unpaired) electrons. The minimum absolute atomic E-state index is 0.129. The number of hydrogen-bond acceptors (Lipinski definition) is 5. The number of rotatable bonds is 6. The average Bonchev–Trinajstić information content (AvgIpc) is 3.16. The number of hydrogen-bond donors (Lipinski definition) is 0. The molecule has 0 aliphatic rings. The van der Waals surface area contributed by atoms with E-state index in [1.165, 1.54) is 29.7 Å². The highest BCUT2D eigenvalue weighted by atomic mass is 32.2. The fraction of sp³-hybridized carbons (Fsp3) is 0.158. The number of thiazole rings is 1. The quantitative estimate of drug-likeness (QED) is 0.604. The summed E-state index contributed by atoms with van der Waals surface area (Å²) in [5.41, 5.74) is 2.29. The van der Waals surface area contributed by atoms with Crippen molar-refractivity contribution in [1.82, 2.24) is 4.98 Å². The van der Waals surface area contributed by atoms with Gasteiger partial charge in [-0.2, -0.15) is 0 Å². The Kier molecular flexibility index (Phi) is 5.20. The summed E-state index contributed by atoms with van der Waals surface area (Å²) >= 11 is 1.18. The maximum absolute atomic E-state index is 13.1. The van der Waals surface area contributed by atoms with Gasteiger partial charge in [-0.15, -0.1) is 11.3 Å². The van der Waals surface area contributed by atoms with Crippen LogP contribution in [0.4, 0.5) is 5.13 Å². The largest absolute Gasteiger partial charge is 0.292 e. The molecule has 3 rings (SSSR count). The first kappa shape index (κ1) is 18.3. The second-order valence-corrected chi connectivity index (χ2v) is 8.62. The average molecular weight is 386 g/mol. The highest BCUT2D eigenvalue weighted by Gasteiger charge is 2.29. The molecule has 0 N–H and O–H groups in total. The normalized spacial score (nSPS) is 11.3. The first-order valence-electron chi connectivity index (χ1n) is 7.97. The molecule has 0 saturated heterocycles. The lowest BCUT2D eigenvalue weighted by Crippen LogP contribution is -2.36. The second kappa shape index (κ2) is 7.39. The maximum atomic E-state index is 13.1. The summed E-state index contributed by atoms with van der Waals surface area (Å²) < 4.78 is 27.3. The summed E-state index contributed by atoms with van der Waals surface area (Å²) in [7, 11) is -3.89. The Balaban J connectivity index is 2.01. The number of carbonyl (C=O) groups excluding carboxylic acids is 1. The van der Waals surface area contributed by atoms with Crippen LogP contribution in [0.25, 0.3) is 0 Å². The van der Waals surface area contributed by atoms with Crippen LogP contribution in [-0.2, 0) is 10.0 Å². The van der Waals surface area contributed by atoms with Crippen molar-refractivity contribution in [3.63, 3.8) is 0 Å². The van der Waals surface area contributed by atoms with Gasteiger partial charge in [-0.05, 0) is 37.6 Å². The number of nitrogens with zero attached hydrogens (tertiary/aromatic N) is 2. The number of anilines is 1. The molecule has 0 aliphatic carbocycles. The molecule has 0 unspecified atom stereocenters. The molecule has 0 spiro atoms. The minimum atomic E-state index is -3.89. The van der Waals surface area contributed by atoms with Gasteiger partial charge in [-0.1, -0.05) is 35.9 Å². The molecular formula is C19H18N2O3S2. The van der Waals surface area contributed by atoms with E-state index in [9.17, 15) is 13.2 Å². The Labute approximate surface area is 157 Å². The van der Waals surface area contributed by atoms with Crippen LogP contribution >= 0.6 is 11.3 Å². The molecule has 2 aromatic carbocycles. The van der Waals surface area contributed by atoms with E-state index in [2.05, 4.69) is 4.98 Å². The van der Waals surface area contributed by atoms with Gasteiger partial charge in [-0.25, -0.2) is 17.7 Å². The van der Waals surface area contributed by atoms with Gasteiger partial charge in [0.2, 0.25) is 0 Å². The van der Waals surface area contributed by atoms with Crippen molar-refractivity contribution in [2.45, 2.75) is 18.7 Å². The zero-order valence-electron chi connectivity index (χ0n) is 14.4. The van der Waals surface area contributed by atoms with Crippen molar-refractivity contribution in [2.24, 2.45) is 0 Å². The summed E-state index contributed by atoms with van der Waals surface area (Å²) in [5.74, 6) is -0.263. The predicted molar refractivity (Wildman–Crippen MR) is 103 cm³/mol. The lowest BCUT2D eigenvalue weighted by Gasteiger charge is -2.21. The molecule has 0 atom stereocenters. The van der Waals surface area contributed by atoms with Crippen molar-refractivity contribution in [2.75, 3.05) is 10.8 Å². The number of aryl methyl sites for hydroxylation is 2. The number of ketones is 1. The molecule has 1 heterocycles. The van der Waals surface area contributed by atoms with Gasteiger partial charge >= 0.3 is 0 Å². The van der Waals surface area contributed by atoms with Gasteiger partial charge in [0, 0.05) is 17.1 Å². The third-order valence-electron chi connectivity index (χ3n) is 3.94. The standard InChI is InChI=1S/C19H18N2O3S2/c1-14-8-9-15(2)17(12-14)18(22)13-21(19-20-10-11-25-19)26(23,24)16-6-4-3-5-7-16/h3-12H,13H2,1-2H3. The topological polar surface area (TPSA) is 67.3 Å². The van der Waals surface area contributed by atoms with Crippen molar-refractivity contribution in [1.29, 1.82) is 0 Å². The molecule has 0 fully saturated rings. The highest BCUT2D eigenvalue weighted by Crippen LogP contribution is 2.26. The van der Waals surface area contributed by atoms with Crippen LogP contribution < -0.4 is 4.31 Å². The molecule has 1 aromatic heterocycles. The van der Waals surface area contributed by atoms with Gasteiger partial charge in [0.25, 0.3) is 10.0 Å². The number of benzene rings is 2. The Morgan fingerprint density at radius 1 is 1.12 bits per heavy atom. The summed E-state index contributed by atoms with van der Waals surface area (Å²) in [5, 5.41) is 1.96. The Morgan fingerprint density at radius 2 is 1.85 bits per heavy atom. The summed E-state index contributed by atoms with van der Waals surface area (Å²) in [6, 6.07) is 13.6. The molecule has 0 saturated carbocycles. The van der Waals surface area contributed by atoms with Crippen molar-refractivity contribution in [3.05, 3.63) is 76.8 Å². The van der Waals surface area contributed by atoms with Gasteiger partial charge in [-0.3, -0.25) is 4.79 Å². The van der Waals surface area contributed by atoms with E-state index in [0.717, 1.165) is 15.4 Å². The fourth-order valence-corrected chi connectivity index (χ4v) is 4.83. The lowest BCUT2D eigenvalue weighted by atomic mass is 10.0. The van der Waals surface area contributed by atoms with Crippen LogP contribution in [0.1, 0.15) is 21.5 Å². The molecule has 7 heteroatoms. The fourth-order valence-electron chi connectivity index (χ4n) is 2.57. The van der Waals surface area contributed by atoms with Crippen LogP contribution in [0.2, 0.25) is 0 Å². The zero-order valence-corrected chi connectivity index (χ0v) is 16.0. The molecule has 0 bridgehead atoms. The SMILES string of the molecule is Cc1ccc(C)c(C(=O)CN(c2nccs2)S(=O)(=O)c2ccccc2)c1. The first-order chi connectivity index (χ1) is 12.4. The van der Waals surface area contributed by atoms with Gasteiger partial charge < -0.3 is 0 Å². The number of sulfonamides is 1. The molecule has 5 nitrogen and oxygen atoms in total. The third-order valence-corrected chi connectivity index (χ3v) is 6.60. The van der Waals surface area contributed by atoms with Crippen molar-refractivity contribution >= 4 is 32.3 Å². The Morgan fingerprint density at radius 3 is 2.50 bits per heavy atom. The highest BCUT2D eigenvalue weighted by molar-refractivity contribution is 7.93. The maximum Gasteiger partial charge on any atom is 0.266 e. The molecular weight excluding hydrogens is 368 g/mol. The van der Waals surface area contributed by atoms with E-state index in [4.69, 9.17) is 0 Å². The van der Waals surface area contributed by atoms with Gasteiger partial charge in [0.15, 0.2) is 10.9 Å². The third kappa shape index (κ3) is 3.68. The smallest absolute Gasteiger partial charge is 0.266 e. The van der Waals surface area contributed by atoms with Crippen LogP contribution in [0.15, 0.2) is 65.0 Å². The van der Waals surface area contributed by atoms with E-state index >= 15 is 0 Å². The minimum Gasteiger partial charge on any atom is -0.292 e. The van der Waals surface area contributed by atoms with Crippen LogP contribution in [0.5, 0.6) is 0 Å². The number of aromatic nitrogens is 1. The molecule has 3 aromatic rings. The summed E-state index contributed by atoms with van der Waals surface area (Å²) in [4.78, 5) is 17.1. The van der Waals surface area contributed by atoms with E-state index in [1.54, 1.807) is 29.6 Å². The second-order valence-electron chi connectivity index (χ2n) is 5.88. The van der Waals surface area contributed by atoms with Crippen LogP contribution in [0.3, 0.4) is 0 Å². The monoisotopic (exact) mass is 386 g/mol. The Bertz CT molecular complexity index is 1010. The van der Waals surface area contributed by atoms with Crippen LogP contribution in [-0.4, -0.2) is 25.7 Å².